The van der Waals surface area contributed by atoms with Crippen LogP contribution in [0.2, 0.25) is 0 Å². The van der Waals surface area contributed by atoms with Gasteiger partial charge in [-0.05, 0) is 33.4 Å². The first kappa shape index (κ1) is 14.2. The summed E-state index contributed by atoms with van der Waals surface area (Å²) in [6.07, 6.45) is 2.53. The van der Waals surface area contributed by atoms with Gasteiger partial charge in [0.15, 0.2) is 0 Å². The third kappa shape index (κ3) is 3.68. The summed E-state index contributed by atoms with van der Waals surface area (Å²) in [5.74, 6) is 1.34. The molecule has 2 aromatic rings. The number of aromatic nitrogens is 2. The lowest BCUT2D eigenvalue weighted by Gasteiger charge is -2.18. The zero-order valence-electron chi connectivity index (χ0n) is 12.7. The van der Waals surface area contributed by atoms with E-state index in [0.717, 1.165) is 18.7 Å². The number of rotatable bonds is 5. The largest absolute Gasteiger partial charge is 0.338 e. The molecule has 0 saturated carbocycles. The van der Waals surface area contributed by atoms with Crippen molar-refractivity contribution in [2.45, 2.75) is 32.4 Å². The average molecular weight is 286 g/mol. The predicted octanol–water partition coefficient (Wildman–Crippen LogP) is 2.23. The molecular formula is C16H22N4O. The summed E-state index contributed by atoms with van der Waals surface area (Å²) in [7, 11) is 2.09. The van der Waals surface area contributed by atoms with E-state index in [1.54, 1.807) is 0 Å². The quantitative estimate of drug-likeness (QED) is 0.913. The summed E-state index contributed by atoms with van der Waals surface area (Å²) in [5.41, 5.74) is 2.22. The van der Waals surface area contributed by atoms with Crippen molar-refractivity contribution in [2.24, 2.45) is 0 Å². The van der Waals surface area contributed by atoms with E-state index in [0.29, 0.717) is 24.3 Å². The van der Waals surface area contributed by atoms with E-state index in [9.17, 15) is 0 Å². The van der Waals surface area contributed by atoms with Gasteiger partial charge in [0.2, 0.25) is 11.7 Å². The van der Waals surface area contributed by atoms with Gasteiger partial charge in [-0.2, -0.15) is 4.98 Å². The number of likely N-dealkylation sites (N-methyl/N-ethyl adjacent to an activating group) is 1. The molecule has 3 rings (SSSR count). The molecule has 1 aromatic carbocycles. The second-order valence-corrected chi connectivity index (χ2v) is 5.87. The molecule has 0 bridgehead atoms. The highest BCUT2D eigenvalue weighted by Gasteiger charge is 2.17. The van der Waals surface area contributed by atoms with Gasteiger partial charge < -0.3 is 9.84 Å². The fourth-order valence-corrected chi connectivity index (χ4v) is 2.72. The number of hydrogen-bond donors (Lipinski definition) is 1. The summed E-state index contributed by atoms with van der Waals surface area (Å²) < 4.78 is 5.36. The molecule has 1 aliphatic heterocycles. The van der Waals surface area contributed by atoms with Crippen LogP contribution in [0.3, 0.4) is 0 Å². The maximum atomic E-state index is 5.36. The molecule has 1 unspecified atom stereocenters. The maximum absolute atomic E-state index is 5.36. The van der Waals surface area contributed by atoms with Crippen LogP contribution in [0.4, 0.5) is 0 Å². The molecule has 112 valence electrons. The van der Waals surface area contributed by atoms with Gasteiger partial charge in [-0.15, -0.1) is 0 Å². The first-order chi connectivity index (χ1) is 10.2. The van der Waals surface area contributed by atoms with Gasteiger partial charge in [0.05, 0.1) is 6.54 Å². The number of hydrogen-bond acceptors (Lipinski definition) is 5. The summed E-state index contributed by atoms with van der Waals surface area (Å²) in [4.78, 5) is 6.72. The molecule has 0 radical (unpaired) electrons. The zero-order chi connectivity index (χ0) is 14.7. The monoisotopic (exact) mass is 286 g/mol. The predicted molar refractivity (Wildman–Crippen MR) is 81.8 cm³/mol. The zero-order valence-corrected chi connectivity index (χ0v) is 12.7. The van der Waals surface area contributed by atoms with Crippen molar-refractivity contribution in [1.82, 2.24) is 20.4 Å². The van der Waals surface area contributed by atoms with Crippen molar-refractivity contribution in [2.75, 3.05) is 20.1 Å². The van der Waals surface area contributed by atoms with Crippen molar-refractivity contribution >= 4 is 0 Å². The fraction of sp³-hybridized carbons (Fsp3) is 0.500. The molecule has 1 atom stereocenters. The van der Waals surface area contributed by atoms with Crippen molar-refractivity contribution in [3.8, 4) is 11.4 Å². The first-order valence-electron chi connectivity index (χ1n) is 7.52. The lowest BCUT2D eigenvalue weighted by molar-refractivity contribution is 0.248. The van der Waals surface area contributed by atoms with E-state index in [1.165, 1.54) is 18.4 Å². The molecule has 21 heavy (non-hydrogen) atoms. The minimum absolute atomic E-state index is 0.592. The van der Waals surface area contributed by atoms with Crippen LogP contribution in [0.25, 0.3) is 11.4 Å². The Morgan fingerprint density at radius 2 is 2.14 bits per heavy atom. The molecule has 1 saturated heterocycles. The van der Waals surface area contributed by atoms with Crippen LogP contribution in [-0.2, 0) is 6.54 Å². The summed E-state index contributed by atoms with van der Waals surface area (Å²) in [5, 5.41) is 7.57. The standard InChI is InChI=1S/C16H22N4O/c1-12-5-7-13(8-6-12)16-18-15(21-19-16)11-20(2)10-14-4-3-9-17-14/h5-8,14,17H,3-4,9-11H2,1-2H3. The van der Waals surface area contributed by atoms with E-state index in [2.05, 4.69) is 46.5 Å². The third-order valence-corrected chi connectivity index (χ3v) is 3.88. The topological polar surface area (TPSA) is 54.2 Å². The first-order valence-corrected chi connectivity index (χ1v) is 7.52. The van der Waals surface area contributed by atoms with E-state index >= 15 is 0 Å². The van der Waals surface area contributed by atoms with Crippen molar-refractivity contribution in [3.05, 3.63) is 35.7 Å². The lowest BCUT2D eigenvalue weighted by Crippen LogP contribution is -2.35. The van der Waals surface area contributed by atoms with Gasteiger partial charge >= 0.3 is 0 Å². The van der Waals surface area contributed by atoms with E-state index in [1.807, 2.05) is 12.1 Å². The molecule has 2 heterocycles. The molecular weight excluding hydrogens is 264 g/mol. The van der Waals surface area contributed by atoms with Crippen LogP contribution in [-0.4, -0.2) is 41.2 Å². The van der Waals surface area contributed by atoms with Gasteiger partial charge in [0.1, 0.15) is 0 Å². The SMILES string of the molecule is Cc1ccc(-c2noc(CN(C)CC3CCCN3)n2)cc1. The molecule has 5 nitrogen and oxygen atoms in total. The minimum Gasteiger partial charge on any atom is -0.338 e. The van der Waals surface area contributed by atoms with E-state index < -0.39 is 0 Å². The number of nitrogens with zero attached hydrogens (tertiary/aromatic N) is 3. The highest BCUT2D eigenvalue weighted by Crippen LogP contribution is 2.17. The van der Waals surface area contributed by atoms with Gasteiger partial charge in [0.25, 0.3) is 0 Å². The van der Waals surface area contributed by atoms with Gasteiger partial charge in [-0.3, -0.25) is 4.90 Å². The Hall–Kier alpha value is -1.72. The molecule has 0 amide bonds. The van der Waals surface area contributed by atoms with Crippen molar-refractivity contribution in [3.63, 3.8) is 0 Å². The molecule has 1 aromatic heterocycles. The smallest absolute Gasteiger partial charge is 0.241 e. The second kappa shape index (κ2) is 6.37. The van der Waals surface area contributed by atoms with Crippen LogP contribution in [0.15, 0.2) is 28.8 Å². The molecule has 0 aliphatic carbocycles. The van der Waals surface area contributed by atoms with Crippen molar-refractivity contribution < 1.29 is 4.52 Å². The average Bonchev–Trinajstić information content (AvgIpc) is 3.11. The number of benzene rings is 1. The van der Waals surface area contributed by atoms with Crippen molar-refractivity contribution in [1.29, 1.82) is 0 Å². The van der Waals surface area contributed by atoms with Crippen LogP contribution >= 0.6 is 0 Å². The minimum atomic E-state index is 0.592. The number of aryl methyl sites for hydroxylation is 1. The Kier molecular flexibility index (Phi) is 4.31. The maximum Gasteiger partial charge on any atom is 0.241 e. The highest BCUT2D eigenvalue weighted by atomic mass is 16.5. The Bertz CT molecular complexity index is 572. The van der Waals surface area contributed by atoms with Crippen LogP contribution in [0, 0.1) is 6.92 Å². The highest BCUT2D eigenvalue weighted by molar-refractivity contribution is 5.54. The Labute approximate surface area is 125 Å². The normalized spacial score (nSPS) is 18.5. The van der Waals surface area contributed by atoms with Crippen LogP contribution in [0.1, 0.15) is 24.3 Å². The van der Waals surface area contributed by atoms with Gasteiger partial charge in [-0.1, -0.05) is 35.0 Å². The van der Waals surface area contributed by atoms with E-state index in [4.69, 9.17) is 4.52 Å². The van der Waals surface area contributed by atoms with Crippen LogP contribution < -0.4 is 5.32 Å². The lowest BCUT2D eigenvalue weighted by atomic mass is 10.1. The Morgan fingerprint density at radius 1 is 1.33 bits per heavy atom. The molecule has 1 N–H and O–H groups in total. The van der Waals surface area contributed by atoms with Gasteiger partial charge in [-0.25, -0.2) is 0 Å². The Morgan fingerprint density at radius 3 is 2.86 bits per heavy atom. The second-order valence-electron chi connectivity index (χ2n) is 5.87. The van der Waals surface area contributed by atoms with E-state index in [-0.39, 0.29) is 0 Å². The summed E-state index contributed by atoms with van der Waals surface area (Å²) in [6.45, 7) is 4.91. The molecule has 5 heteroatoms. The molecule has 1 aliphatic rings. The number of nitrogens with one attached hydrogen (secondary N) is 1. The fourth-order valence-electron chi connectivity index (χ4n) is 2.72. The summed E-state index contributed by atoms with van der Waals surface area (Å²) >= 11 is 0. The molecule has 0 spiro atoms. The summed E-state index contributed by atoms with van der Waals surface area (Å²) in [6, 6.07) is 8.76. The third-order valence-electron chi connectivity index (χ3n) is 3.88. The molecule has 1 fully saturated rings. The Balaban J connectivity index is 1.60. The van der Waals surface area contributed by atoms with Gasteiger partial charge in [0, 0.05) is 18.2 Å². The van der Waals surface area contributed by atoms with Crippen LogP contribution in [0.5, 0.6) is 0 Å².